The summed E-state index contributed by atoms with van der Waals surface area (Å²) in [6.45, 7) is 0. The highest BCUT2D eigenvalue weighted by molar-refractivity contribution is 6.42. The molecule has 2 rings (SSSR count). The maximum absolute atomic E-state index is 12.2. The Bertz CT molecular complexity index is 606. The van der Waals surface area contributed by atoms with Crippen LogP contribution in [0.1, 0.15) is 12.8 Å². The minimum atomic E-state index is -0.758. The van der Waals surface area contributed by atoms with Crippen LogP contribution >= 0.6 is 23.2 Å². The quantitative estimate of drug-likeness (QED) is 0.679. The third-order valence-corrected chi connectivity index (χ3v) is 3.78. The Balaban J connectivity index is 2.14. The highest BCUT2D eigenvalue weighted by Crippen LogP contribution is 2.29. The minimum Gasteiger partial charge on any atom is -0.469 e. The van der Waals surface area contributed by atoms with Gasteiger partial charge >= 0.3 is 12.0 Å². The molecule has 0 aromatic heterocycles. The van der Waals surface area contributed by atoms with E-state index in [1.165, 1.54) is 25.3 Å². The summed E-state index contributed by atoms with van der Waals surface area (Å²) in [5.74, 6) is -0.882. The molecule has 0 unspecified atom stereocenters. The number of urea groups is 1. The van der Waals surface area contributed by atoms with Crippen LogP contribution < -0.4 is 10.2 Å². The summed E-state index contributed by atoms with van der Waals surface area (Å²) in [5, 5.41) is 3.09. The van der Waals surface area contributed by atoms with Gasteiger partial charge in [-0.2, -0.15) is 0 Å². The number of rotatable bonds is 4. The van der Waals surface area contributed by atoms with Crippen LogP contribution in [0.3, 0.4) is 0 Å². The molecular formula is C13H12Cl2N2O4. The fraction of sp³-hybridized carbons (Fsp3) is 0.308. The fourth-order valence-electron chi connectivity index (χ4n) is 1.96. The molecule has 6 nitrogen and oxygen atoms in total. The first-order chi connectivity index (χ1) is 9.93. The molecule has 1 aliphatic rings. The largest absolute Gasteiger partial charge is 0.469 e. The van der Waals surface area contributed by atoms with Gasteiger partial charge in [-0.3, -0.25) is 9.59 Å². The molecule has 21 heavy (non-hydrogen) atoms. The standard InChI is InChI=1S/C13H12Cl2N2O4/c1-21-11(18)5-4-10-12(19)17(13(20)16-10)7-2-3-8(14)9(15)6-7/h2-3,6,10H,4-5H2,1H3,(H,16,20)/t10-/m1/s1. The van der Waals surface area contributed by atoms with E-state index in [9.17, 15) is 14.4 Å². The highest BCUT2D eigenvalue weighted by atomic mass is 35.5. The summed E-state index contributed by atoms with van der Waals surface area (Å²) in [4.78, 5) is 36.2. The van der Waals surface area contributed by atoms with Crippen molar-refractivity contribution in [3.63, 3.8) is 0 Å². The first kappa shape index (κ1) is 15.6. The maximum atomic E-state index is 12.2. The Morgan fingerprint density at radius 1 is 1.33 bits per heavy atom. The van der Waals surface area contributed by atoms with E-state index >= 15 is 0 Å². The predicted molar refractivity (Wildman–Crippen MR) is 77.5 cm³/mol. The molecule has 1 aromatic rings. The van der Waals surface area contributed by atoms with Crippen molar-refractivity contribution in [2.24, 2.45) is 0 Å². The lowest BCUT2D eigenvalue weighted by Gasteiger charge is -2.13. The van der Waals surface area contributed by atoms with Gasteiger partial charge in [-0.05, 0) is 24.6 Å². The zero-order chi connectivity index (χ0) is 15.6. The SMILES string of the molecule is COC(=O)CC[C@H]1NC(=O)N(c2ccc(Cl)c(Cl)c2)C1=O. The Morgan fingerprint density at radius 2 is 2.05 bits per heavy atom. The molecule has 1 aromatic carbocycles. The summed E-state index contributed by atoms with van der Waals surface area (Å²) in [6, 6.07) is 3.14. The molecule has 3 amide bonds. The molecule has 0 radical (unpaired) electrons. The first-order valence-corrected chi connectivity index (χ1v) is 6.86. The number of carbonyl (C=O) groups excluding carboxylic acids is 3. The molecule has 1 N–H and O–H groups in total. The average molecular weight is 331 g/mol. The summed E-state index contributed by atoms with van der Waals surface area (Å²) < 4.78 is 4.50. The number of hydrogen-bond acceptors (Lipinski definition) is 4. The number of imide groups is 1. The Kier molecular flexibility index (Phi) is 4.69. The van der Waals surface area contributed by atoms with Crippen LogP contribution in [-0.2, 0) is 14.3 Å². The summed E-state index contributed by atoms with van der Waals surface area (Å²) in [5.41, 5.74) is 0.326. The first-order valence-electron chi connectivity index (χ1n) is 6.10. The molecule has 1 saturated heterocycles. The van der Waals surface area contributed by atoms with Crippen molar-refractivity contribution in [3.8, 4) is 0 Å². The molecule has 1 fully saturated rings. The van der Waals surface area contributed by atoms with Crippen LogP contribution in [0.25, 0.3) is 0 Å². The molecule has 1 atom stereocenters. The third kappa shape index (κ3) is 3.28. The van der Waals surface area contributed by atoms with Gasteiger partial charge < -0.3 is 10.1 Å². The molecule has 0 bridgehead atoms. The van der Waals surface area contributed by atoms with Gasteiger partial charge in [0, 0.05) is 6.42 Å². The zero-order valence-corrected chi connectivity index (χ0v) is 12.6. The van der Waals surface area contributed by atoms with Gasteiger partial charge in [0.05, 0.1) is 22.8 Å². The second kappa shape index (κ2) is 6.32. The van der Waals surface area contributed by atoms with E-state index in [0.29, 0.717) is 10.7 Å². The van der Waals surface area contributed by atoms with Crippen LogP contribution in [0.4, 0.5) is 10.5 Å². The number of halogens is 2. The monoisotopic (exact) mass is 330 g/mol. The number of benzene rings is 1. The van der Waals surface area contributed by atoms with E-state index < -0.39 is 23.9 Å². The number of methoxy groups -OCH3 is 1. The smallest absolute Gasteiger partial charge is 0.329 e. The zero-order valence-electron chi connectivity index (χ0n) is 11.1. The number of hydrogen-bond donors (Lipinski definition) is 1. The number of ether oxygens (including phenoxy) is 1. The van der Waals surface area contributed by atoms with Gasteiger partial charge in [-0.15, -0.1) is 0 Å². The lowest BCUT2D eigenvalue weighted by atomic mass is 10.1. The molecule has 1 aliphatic heterocycles. The van der Waals surface area contributed by atoms with Crippen molar-refractivity contribution in [3.05, 3.63) is 28.2 Å². The normalized spacial score (nSPS) is 17.9. The molecular weight excluding hydrogens is 319 g/mol. The van der Waals surface area contributed by atoms with Gasteiger partial charge in [0.1, 0.15) is 6.04 Å². The van der Waals surface area contributed by atoms with E-state index in [1.54, 1.807) is 0 Å². The lowest BCUT2D eigenvalue weighted by Crippen LogP contribution is -2.31. The highest BCUT2D eigenvalue weighted by Gasteiger charge is 2.39. The third-order valence-electron chi connectivity index (χ3n) is 3.05. The number of nitrogens with zero attached hydrogens (tertiary/aromatic N) is 1. The van der Waals surface area contributed by atoms with Gasteiger partial charge in [-0.25, -0.2) is 9.69 Å². The number of nitrogens with one attached hydrogen (secondary N) is 1. The van der Waals surface area contributed by atoms with Gasteiger partial charge in [0.25, 0.3) is 5.91 Å². The van der Waals surface area contributed by atoms with Crippen molar-refractivity contribution in [2.75, 3.05) is 12.0 Å². The van der Waals surface area contributed by atoms with E-state index in [2.05, 4.69) is 10.1 Å². The lowest BCUT2D eigenvalue weighted by molar-refractivity contribution is -0.140. The molecule has 112 valence electrons. The maximum Gasteiger partial charge on any atom is 0.329 e. The van der Waals surface area contributed by atoms with Crippen molar-refractivity contribution in [2.45, 2.75) is 18.9 Å². The van der Waals surface area contributed by atoms with Crippen LogP contribution in [0, 0.1) is 0 Å². The van der Waals surface area contributed by atoms with Crippen LogP contribution in [-0.4, -0.2) is 31.1 Å². The Labute approximate surface area is 130 Å². The molecule has 0 spiro atoms. The van der Waals surface area contributed by atoms with E-state index in [1.807, 2.05) is 0 Å². The molecule has 8 heteroatoms. The van der Waals surface area contributed by atoms with Crippen molar-refractivity contribution >= 4 is 46.8 Å². The summed E-state index contributed by atoms with van der Waals surface area (Å²) >= 11 is 11.7. The van der Waals surface area contributed by atoms with Gasteiger partial charge in [0.15, 0.2) is 0 Å². The van der Waals surface area contributed by atoms with Gasteiger partial charge in [0.2, 0.25) is 0 Å². The van der Waals surface area contributed by atoms with E-state index in [0.717, 1.165) is 4.90 Å². The summed E-state index contributed by atoms with van der Waals surface area (Å²) in [7, 11) is 1.26. The van der Waals surface area contributed by atoms with Crippen LogP contribution in [0.5, 0.6) is 0 Å². The minimum absolute atomic E-state index is 0.0440. The van der Waals surface area contributed by atoms with Crippen LogP contribution in [0.15, 0.2) is 18.2 Å². The number of esters is 1. The average Bonchev–Trinajstić information content (AvgIpc) is 2.74. The summed E-state index contributed by atoms with van der Waals surface area (Å²) in [6.07, 6.45) is 0.220. The number of amides is 3. The second-order valence-corrected chi connectivity index (χ2v) is 5.20. The van der Waals surface area contributed by atoms with Gasteiger partial charge in [-0.1, -0.05) is 23.2 Å². The second-order valence-electron chi connectivity index (χ2n) is 4.39. The van der Waals surface area contributed by atoms with Crippen molar-refractivity contribution < 1.29 is 19.1 Å². The molecule has 1 heterocycles. The van der Waals surface area contributed by atoms with Crippen molar-refractivity contribution in [1.82, 2.24) is 5.32 Å². The Hall–Kier alpha value is -1.79. The number of anilines is 1. The van der Waals surface area contributed by atoms with E-state index in [4.69, 9.17) is 23.2 Å². The molecule has 0 aliphatic carbocycles. The van der Waals surface area contributed by atoms with Crippen LogP contribution in [0.2, 0.25) is 10.0 Å². The fourth-order valence-corrected chi connectivity index (χ4v) is 2.25. The predicted octanol–water partition coefficient (Wildman–Crippen LogP) is 2.37. The molecule has 0 saturated carbocycles. The van der Waals surface area contributed by atoms with E-state index in [-0.39, 0.29) is 17.9 Å². The Morgan fingerprint density at radius 3 is 2.67 bits per heavy atom. The van der Waals surface area contributed by atoms with Crippen molar-refractivity contribution in [1.29, 1.82) is 0 Å². The topological polar surface area (TPSA) is 75.7 Å². The number of carbonyl (C=O) groups is 3.